The highest BCUT2D eigenvalue weighted by molar-refractivity contribution is 6.48. The van der Waals surface area contributed by atoms with Crippen LogP contribution in [0.5, 0.6) is 5.75 Å². The normalized spacial score (nSPS) is 8.86. The Balaban J connectivity index is 0.000000364. The fourth-order valence-corrected chi connectivity index (χ4v) is 1.05. The highest BCUT2D eigenvalue weighted by Gasteiger charge is 2.06. The van der Waals surface area contributed by atoms with E-state index in [9.17, 15) is 0 Å². The molecule has 0 bridgehead atoms. The van der Waals surface area contributed by atoms with Crippen LogP contribution in [-0.4, -0.2) is 16.2 Å². The summed E-state index contributed by atoms with van der Waals surface area (Å²) >= 11 is 16.6. The molecule has 14 heavy (non-hydrogen) atoms. The summed E-state index contributed by atoms with van der Waals surface area (Å²) in [7, 11) is 0. The lowest BCUT2D eigenvalue weighted by molar-refractivity contribution is -0.134. The van der Waals surface area contributed by atoms with Crippen molar-refractivity contribution in [3.63, 3.8) is 0 Å². The number of rotatable bonds is 0. The molecular weight excluding hydrogens is 250 g/mol. The molecule has 0 spiro atoms. The number of carboxylic acids is 1. The second kappa shape index (κ2) is 5.96. The molecule has 0 aromatic heterocycles. The number of aliphatic carboxylic acids is 1. The summed E-state index contributed by atoms with van der Waals surface area (Å²) < 4.78 is 0. The van der Waals surface area contributed by atoms with Gasteiger partial charge < -0.3 is 10.2 Å². The molecular formula is C8H7Cl3O3. The van der Waals surface area contributed by atoms with Gasteiger partial charge in [-0.3, -0.25) is 4.79 Å². The minimum absolute atomic E-state index is 0.0592. The monoisotopic (exact) mass is 256 g/mol. The van der Waals surface area contributed by atoms with E-state index >= 15 is 0 Å². The number of hydrogen-bond donors (Lipinski definition) is 2. The molecule has 0 unspecified atom stereocenters. The number of benzene rings is 1. The van der Waals surface area contributed by atoms with Crippen molar-refractivity contribution in [2.75, 3.05) is 0 Å². The van der Waals surface area contributed by atoms with E-state index in [0.717, 1.165) is 6.92 Å². The van der Waals surface area contributed by atoms with E-state index in [4.69, 9.17) is 49.8 Å². The zero-order chi connectivity index (χ0) is 11.3. The van der Waals surface area contributed by atoms with Gasteiger partial charge in [0.05, 0.1) is 10.0 Å². The zero-order valence-corrected chi connectivity index (χ0v) is 9.36. The number of carbonyl (C=O) groups is 1. The van der Waals surface area contributed by atoms with Gasteiger partial charge in [0, 0.05) is 6.92 Å². The van der Waals surface area contributed by atoms with Crippen molar-refractivity contribution in [1.82, 2.24) is 0 Å². The van der Waals surface area contributed by atoms with Gasteiger partial charge in [-0.2, -0.15) is 0 Å². The molecule has 0 aliphatic rings. The summed E-state index contributed by atoms with van der Waals surface area (Å²) in [5.41, 5.74) is 0. The first-order valence-electron chi connectivity index (χ1n) is 3.38. The summed E-state index contributed by atoms with van der Waals surface area (Å²) in [6, 6.07) is 2.86. The highest BCUT2D eigenvalue weighted by atomic mass is 35.5. The van der Waals surface area contributed by atoms with Crippen LogP contribution in [0.3, 0.4) is 0 Å². The molecule has 2 N–H and O–H groups in total. The average molecular weight is 258 g/mol. The van der Waals surface area contributed by atoms with Crippen molar-refractivity contribution in [2.24, 2.45) is 0 Å². The first-order valence-corrected chi connectivity index (χ1v) is 4.51. The maximum atomic E-state index is 9.00. The summed E-state index contributed by atoms with van der Waals surface area (Å²) in [4.78, 5) is 9.00. The van der Waals surface area contributed by atoms with Crippen LogP contribution in [-0.2, 0) is 4.79 Å². The molecule has 78 valence electrons. The van der Waals surface area contributed by atoms with E-state index in [0.29, 0.717) is 5.02 Å². The van der Waals surface area contributed by atoms with E-state index in [1.54, 1.807) is 0 Å². The number of carboxylic acid groups (broad SMARTS) is 1. The van der Waals surface area contributed by atoms with Gasteiger partial charge in [0.15, 0.2) is 0 Å². The molecule has 1 aromatic rings. The van der Waals surface area contributed by atoms with Gasteiger partial charge in [-0.05, 0) is 12.1 Å². The molecule has 0 aliphatic heterocycles. The van der Waals surface area contributed by atoms with Gasteiger partial charge >= 0.3 is 0 Å². The summed E-state index contributed by atoms with van der Waals surface area (Å²) in [6.45, 7) is 1.08. The molecule has 6 heteroatoms. The number of phenolic OH excluding ortho intramolecular Hbond substituents is 1. The molecule has 1 rings (SSSR count). The second-order valence-electron chi connectivity index (χ2n) is 2.21. The Morgan fingerprint density at radius 2 is 1.64 bits per heavy atom. The highest BCUT2D eigenvalue weighted by Crippen LogP contribution is 2.35. The van der Waals surface area contributed by atoms with Gasteiger partial charge in [-0.1, -0.05) is 34.8 Å². The van der Waals surface area contributed by atoms with Crippen LogP contribution < -0.4 is 0 Å². The van der Waals surface area contributed by atoms with Crippen molar-refractivity contribution < 1.29 is 15.0 Å². The third-order valence-electron chi connectivity index (χ3n) is 1.01. The van der Waals surface area contributed by atoms with Crippen LogP contribution in [0.2, 0.25) is 15.1 Å². The van der Waals surface area contributed by atoms with E-state index in [1.165, 1.54) is 12.1 Å². The fraction of sp³-hybridized carbons (Fsp3) is 0.125. The smallest absolute Gasteiger partial charge is 0.300 e. The Hall–Kier alpha value is -0.640. The molecule has 3 nitrogen and oxygen atoms in total. The predicted molar refractivity (Wildman–Crippen MR) is 56.4 cm³/mol. The SMILES string of the molecule is CC(=O)O.Oc1ccc(Cl)c(Cl)c1Cl. The van der Waals surface area contributed by atoms with Crippen molar-refractivity contribution in [2.45, 2.75) is 6.92 Å². The van der Waals surface area contributed by atoms with Crippen LogP contribution in [0, 0.1) is 0 Å². The quantitative estimate of drug-likeness (QED) is 0.700. The average Bonchev–Trinajstić information content (AvgIpc) is 2.07. The lowest BCUT2D eigenvalue weighted by atomic mass is 10.3. The fourth-order valence-electron chi connectivity index (χ4n) is 0.516. The molecule has 0 radical (unpaired) electrons. The van der Waals surface area contributed by atoms with E-state index in [2.05, 4.69) is 0 Å². The Kier molecular flexibility index (Phi) is 5.69. The van der Waals surface area contributed by atoms with Gasteiger partial charge in [0.1, 0.15) is 10.8 Å². The number of hydrogen-bond acceptors (Lipinski definition) is 2. The van der Waals surface area contributed by atoms with Crippen molar-refractivity contribution in [3.05, 3.63) is 27.2 Å². The Labute approximate surface area is 95.8 Å². The molecule has 0 fully saturated rings. The topological polar surface area (TPSA) is 57.5 Å². The van der Waals surface area contributed by atoms with Crippen LogP contribution in [0.1, 0.15) is 6.92 Å². The summed E-state index contributed by atoms with van der Waals surface area (Å²) in [5.74, 6) is -0.893. The van der Waals surface area contributed by atoms with E-state index in [-0.39, 0.29) is 15.8 Å². The standard InChI is InChI=1S/C6H3Cl3O.C2H4O2/c7-3-1-2-4(10)6(9)5(3)8;1-2(3)4/h1-2,10H;1H3,(H,3,4). The maximum Gasteiger partial charge on any atom is 0.300 e. The molecule has 0 atom stereocenters. The minimum atomic E-state index is -0.833. The molecule has 0 heterocycles. The zero-order valence-electron chi connectivity index (χ0n) is 7.09. The van der Waals surface area contributed by atoms with Crippen LogP contribution >= 0.6 is 34.8 Å². The Bertz CT molecular complexity index is 308. The van der Waals surface area contributed by atoms with Crippen molar-refractivity contribution in [3.8, 4) is 5.75 Å². The molecule has 1 aromatic carbocycles. The maximum absolute atomic E-state index is 9.00. The second-order valence-corrected chi connectivity index (χ2v) is 3.38. The number of aromatic hydroxyl groups is 1. The summed E-state index contributed by atoms with van der Waals surface area (Å²) in [5, 5.41) is 17.0. The number of halogens is 3. The van der Waals surface area contributed by atoms with Crippen LogP contribution in [0.25, 0.3) is 0 Å². The number of phenols is 1. The van der Waals surface area contributed by atoms with Gasteiger partial charge in [-0.15, -0.1) is 0 Å². The van der Waals surface area contributed by atoms with Crippen LogP contribution in [0.4, 0.5) is 0 Å². The lowest BCUT2D eigenvalue weighted by Crippen LogP contribution is -1.78. The molecule has 0 aliphatic carbocycles. The van der Waals surface area contributed by atoms with Crippen LogP contribution in [0.15, 0.2) is 12.1 Å². The largest absolute Gasteiger partial charge is 0.506 e. The van der Waals surface area contributed by atoms with E-state index < -0.39 is 5.97 Å². The van der Waals surface area contributed by atoms with Gasteiger partial charge in [0.2, 0.25) is 0 Å². The predicted octanol–water partition coefficient (Wildman–Crippen LogP) is 3.44. The third kappa shape index (κ3) is 4.56. The first kappa shape index (κ1) is 13.4. The molecule has 0 amide bonds. The van der Waals surface area contributed by atoms with Crippen molar-refractivity contribution >= 4 is 40.8 Å². The van der Waals surface area contributed by atoms with Crippen molar-refractivity contribution in [1.29, 1.82) is 0 Å². The Morgan fingerprint density at radius 3 is 2.00 bits per heavy atom. The van der Waals surface area contributed by atoms with Gasteiger partial charge in [-0.25, -0.2) is 0 Å². The Morgan fingerprint density at radius 1 is 1.21 bits per heavy atom. The van der Waals surface area contributed by atoms with Gasteiger partial charge in [0.25, 0.3) is 5.97 Å². The summed E-state index contributed by atoms with van der Waals surface area (Å²) in [6.07, 6.45) is 0. The molecule has 0 saturated carbocycles. The first-order chi connectivity index (χ1) is 6.36. The molecule has 0 saturated heterocycles. The minimum Gasteiger partial charge on any atom is -0.506 e. The lowest BCUT2D eigenvalue weighted by Gasteiger charge is -1.99. The van der Waals surface area contributed by atoms with E-state index in [1.807, 2.05) is 0 Å². The third-order valence-corrected chi connectivity index (χ3v) is 2.30.